The van der Waals surface area contributed by atoms with Crippen LogP contribution in [0.2, 0.25) is 5.02 Å². The summed E-state index contributed by atoms with van der Waals surface area (Å²) in [6, 6.07) is 9.87. The lowest BCUT2D eigenvalue weighted by atomic mass is 9.95. The third kappa shape index (κ3) is 4.72. The van der Waals surface area contributed by atoms with Crippen molar-refractivity contribution in [1.29, 1.82) is 0 Å². The van der Waals surface area contributed by atoms with Gasteiger partial charge in [-0.25, -0.2) is 4.39 Å². The fourth-order valence-electron chi connectivity index (χ4n) is 3.09. The predicted molar refractivity (Wildman–Crippen MR) is 103 cm³/mol. The Morgan fingerprint density at radius 1 is 1.19 bits per heavy atom. The summed E-state index contributed by atoms with van der Waals surface area (Å²) < 4.78 is 25.4. The first-order valence-corrected chi connectivity index (χ1v) is 9.45. The van der Waals surface area contributed by atoms with Gasteiger partial charge >= 0.3 is 0 Å². The topological polar surface area (TPSA) is 47.6 Å². The fraction of sp³-hybridized carbons (Fsp3) is 0.381. The minimum atomic E-state index is -0.477. The average Bonchev–Trinajstić information content (AvgIpc) is 2.87. The smallest absolute Gasteiger partial charge is 0.225 e. The van der Waals surface area contributed by atoms with Crippen molar-refractivity contribution in [2.75, 3.05) is 13.2 Å². The summed E-state index contributed by atoms with van der Waals surface area (Å²) >= 11 is 6.03. The van der Waals surface area contributed by atoms with E-state index in [-0.39, 0.29) is 34.9 Å². The van der Waals surface area contributed by atoms with Crippen LogP contribution in [0.3, 0.4) is 0 Å². The maximum Gasteiger partial charge on any atom is 0.225 e. The second kappa shape index (κ2) is 8.61. The van der Waals surface area contributed by atoms with Gasteiger partial charge in [-0.05, 0) is 35.7 Å². The van der Waals surface area contributed by atoms with Crippen molar-refractivity contribution < 1.29 is 18.7 Å². The van der Waals surface area contributed by atoms with Gasteiger partial charge in [0.2, 0.25) is 5.91 Å². The van der Waals surface area contributed by atoms with E-state index in [0.717, 1.165) is 12.0 Å². The third-order valence-electron chi connectivity index (χ3n) is 4.51. The number of fused-ring (bicyclic) bond motifs is 1. The molecule has 0 radical (unpaired) electrons. The average molecular weight is 392 g/mol. The Balaban J connectivity index is 1.78. The first-order chi connectivity index (χ1) is 13.0. The monoisotopic (exact) mass is 391 g/mol. The number of halogens is 2. The predicted octanol–water partition coefficient (Wildman–Crippen LogP) is 4.70. The quantitative estimate of drug-likeness (QED) is 0.803. The molecule has 0 aromatic heterocycles. The Labute approximate surface area is 163 Å². The standard InChI is InChI=1S/C21H23ClFNO3/c1-13(2)21(14-7-8-18-19(11-14)27-10-4-9-26-18)24-20(25)12-15-16(22)5-3-6-17(15)23/h3,5-8,11,13,21H,4,9-10,12H2,1-2H3,(H,24,25). The molecule has 0 fully saturated rings. The van der Waals surface area contributed by atoms with Gasteiger partial charge in [-0.2, -0.15) is 0 Å². The molecule has 1 atom stereocenters. The summed E-state index contributed by atoms with van der Waals surface area (Å²) in [6.45, 7) is 5.26. The fourth-order valence-corrected chi connectivity index (χ4v) is 3.32. The molecule has 3 rings (SSSR count). The molecule has 2 aromatic carbocycles. The van der Waals surface area contributed by atoms with Crippen LogP contribution in [0.25, 0.3) is 0 Å². The summed E-state index contributed by atoms with van der Waals surface area (Å²) in [7, 11) is 0. The van der Waals surface area contributed by atoms with E-state index in [1.807, 2.05) is 32.0 Å². The van der Waals surface area contributed by atoms with Gasteiger partial charge in [0.1, 0.15) is 5.82 Å². The van der Waals surface area contributed by atoms with Gasteiger partial charge in [0.05, 0.1) is 25.7 Å². The van der Waals surface area contributed by atoms with E-state index >= 15 is 0 Å². The van der Waals surface area contributed by atoms with Crippen molar-refractivity contribution in [3.8, 4) is 11.5 Å². The van der Waals surface area contributed by atoms with Crippen LogP contribution in [-0.2, 0) is 11.2 Å². The summed E-state index contributed by atoms with van der Waals surface area (Å²) in [4.78, 5) is 12.6. The second-order valence-corrected chi connectivity index (χ2v) is 7.33. The first kappa shape index (κ1) is 19.5. The van der Waals surface area contributed by atoms with Crippen LogP contribution >= 0.6 is 11.6 Å². The van der Waals surface area contributed by atoms with Crippen LogP contribution in [0.4, 0.5) is 4.39 Å². The largest absolute Gasteiger partial charge is 0.490 e. The summed E-state index contributed by atoms with van der Waals surface area (Å²) in [6.07, 6.45) is 0.719. The SMILES string of the molecule is CC(C)C(NC(=O)Cc1c(F)cccc1Cl)c1ccc2c(c1)OCCCO2. The molecule has 2 aromatic rings. The zero-order chi connectivity index (χ0) is 19.4. The Bertz CT molecular complexity index is 805. The molecule has 1 unspecified atom stereocenters. The van der Waals surface area contributed by atoms with Crippen LogP contribution in [0.1, 0.15) is 37.4 Å². The Kier molecular flexibility index (Phi) is 6.22. The van der Waals surface area contributed by atoms with Crippen molar-refractivity contribution in [2.45, 2.75) is 32.7 Å². The molecular formula is C21H23ClFNO3. The summed E-state index contributed by atoms with van der Waals surface area (Å²) in [5, 5.41) is 3.25. The van der Waals surface area contributed by atoms with Gasteiger partial charge in [0.15, 0.2) is 11.5 Å². The third-order valence-corrected chi connectivity index (χ3v) is 4.87. The maximum absolute atomic E-state index is 14.0. The normalized spacial score (nSPS) is 14.6. The van der Waals surface area contributed by atoms with Gasteiger partial charge in [-0.1, -0.05) is 37.6 Å². The van der Waals surface area contributed by atoms with E-state index in [1.54, 1.807) is 6.07 Å². The molecule has 0 saturated heterocycles. The zero-order valence-corrected chi connectivity index (χ0v) is 16.2. The lowest BCUT2D eigenvalue weighted by Gasteiger charge is -2.24. The highest BCUT2D eigenvalue weighted by Crippen LogP contribution is 2.34. The maximum atomic E-state index is 14.0. The molecule has 144 valence electrons. The van der Waals surface area contributed by atoms with E-state index in [1.165, 1.54) is 12.1 Å². The van der Waals surface area contributed by atoms with E-state index < -0.39 is 5.82 Å². The van der Waals surface area contributed by atoms with Gasteiger partial charge < -0.3 is 14.8 Å². The number of rotatable bonds is 5. The summed E-state index contributed by atoms with van der Waals surface area (Å²) in [5.74, 6) is 0.766. The Morgan fingerprint density at radius 3 is 2.63 bits per heavy atom. The molecule has 0 aliphatic carbocycles. The van der Waals surface area contributed by atoms with Gasteiger partial charge in [-0.15, -0.1) is 0 Å². The molecule has 1 amide bonds. The van der Waals surface area contributed by atoms with Crippen LogP contribution in [0.15, 0.2) is 36.4 Å². The number of carbonyl (C=O) groups is 1. The molecule has 1 N–H and O–H groups in total. The minimum absolute atomic E-state index is 0.112. The highest BCUT2D eigenvalue weighted by Gasteiger charge is 2.22. The van der Waals surface area contributed by atoms with E-state index in [9.17, 15) is 9.18 Å². The van der Waals surface area contributed by atoms with Crippen molar-refractivity contribution in [3.63, 3.8) is 0 Å². The molecule has 1 aliphatic heterocycles. The van der Waals surface area contributed by atoms with Crippen molar-refractivity contribution in [3.05, 3.63) is 58.4 Å². The minimum Gasteiger partial charge on any atom is -0.490 e. The zero-order valence-electron chi connectivity index (χ0n) is 15.4. The molecular weight excluding hydrogens is 369 g/mol. The number of carbonyl (C=O) groups excluding carboxylic acids is 1. The van der Waals surface area contributed by atoms with E-state index in [0.29, 0.717) is 24.7 Å². The first-order valence-electron chi connectivity index (χ1n) is 9.07. The Morgan fingerprint density at radius 2 is 1.93 bits per heavy atom. The van der Waals surface area contributed by atoms with E-state index in [4.69, 9.17) is 21.1 Å². The van der Waals surface area contributed by atoms with Gasteiger partial charge in [0.25, 0.3) is 0 Å². The Hall–Kier alpha value is -2.27. The lowest BCUT2D eigenvalue weighted by Crippen LogP contribution is -2.33. The van der Waals surface area contributed by atoms with Crippen LogP contribution in [0.5, 0.6) is 11.5 Å². The van der Waals surface area contributed by atoms with Crippen molar-refractivity contribution in [1.82, 2.24) is 5.32 Å². The molecule has 1 aliphatic rings. The number of ether oxygens (including phenoxy) is 2. The molecule has 4 nitrogen and oxygen atoms in total. The lowest BCUT2D eigenvalue weighted by molar-refractivity contribution is -0.121. The highest BCUT2D eigenvalue weighted by molar-refractivity contribution is 6.31. The number of hydrogen-bond donors (Lipinski definition) is 1. The highest BCUT2D eigenvalue weighted by atomic mass is 35.5. The molecule has 6 heteroatoms. The molecule has 1 heterocycles. The molecule has 0 bridgehead atoms. The van der Waals surface area contributed by atoms with Crippen LogP contribution in [-0.4, -0.2) is 19.1 Å². The summed E-state index contributed by atoms with van der Waals surface area (Å²) in [5.41, 5.74) is 1.13. The number of benzene rings is 2. The molecule has 0 saturated carbocycles. The molecule has 0 spiro atoms. The van der Waals surface area contributed by atoms with E-state index in [2.05, 4.69) is 5.32 Å². The van der Waals surface area contributed by atoms with Crippen molar-refractivity contribution >= 4 is 17.5 Å². The number of amides is 1. The van der Waals surface area contributed by atoms with Gasteiger partial charge in [0, 0.05) is 17.0 Å². The van der Waals surface area contributed by atoms with Crippen molar-refractivity contribution in [2.24, 2.45) is 5.92 Å². The van der Waals surface area contributed by atoms with Crippen LogP contribution < -0.4 is 14.8 Å². The molecule has 27 heavy (non-hydrogen) atoms. The second-order valence-electron chi connectivity index (χ2n) is 6.92. The van der Waals surface area contributed by atoms with Gasteiger partial charge in [-0.3, -0.25) is 4.79 Å². The number of nitrogens with one attached hydrogen (secondary N) is 1. The van der Waals surface area contributed by atoms with Crippen LogP contribution in [0, 0.1) is 11.7 Å². The number of hydrogen-bond acceptors (Lipinski definition) is 3.